The van der Waals surface area contributed by atoms with Gasteiger partial charge in [0.15, 0.2) is 5.65 Å². The van der Waals surface area contributed by atoms with Gasteiger partial charge in [0.05, 0.1) is 28.6 Å². The number of thiophene rings is 1. The van der Waals surface area contributed by atoms with Gasteiger partial charge in [-0.2, -0.15) is 5.10 Å². The number of imidazole rings is 1. The maximum absolute atomic E-state index is 13.0. The standard InChI is InChI=1S/C19H20N6OS/c1-11-7-14(23-25-9-12(2)22-18(11)25)16-8-15-17(27-16)19(26)24(10-21-15)13-3-5-20-6-4-13/h7-10,13,20H,3-6H2,1-2H3. The van der Waals surface area contributed by atoms with Gasteiger partial charge in [-0.1, -0.05) is 0 Å². The van der Waals surface area contributed by atoms with Crippen LogP contribution >= 0.6 is 11.3 Å². The van der Waals surface area contributed by atoms with Crippen molar-refractivity contribution >= 4 is 27.2 Å². The van der Waals surface area contributed by atoms with Gasteiger partial charge >= 0.3 is 0 Å². The molecule has 0 unspecified atom stereocenters. The van der Waals surface area contributed by atoms with Crippen LogP contribution in [-0.2, 0) is 0 Å². The molecule has 138 valence electrons. The third-order valence-corrected chi connectivity index (χ3v) is 6.28. The molecule has 1 N–H and O–H groups in total. The van der Waals surface area contributed by atoms with E-state index in [9.17, 15) is 4.79 Å². The fourth-order valence-corrected chi connectivity index (χ4v) is 4.76. The Kier molecular flexibility index (Phi) is 3.84. The van der Waals surface area contributed by atoms with Gasteiger partial charge in [-0.05, 0) is 57.5 Å². The zero-order valence-electron chi connectivity index (χ0n) is 15.3. The van der Waals surface area contributed by atoms with Crippen LogP contribution < -0.4 is 10.9 Å². The number of nitrogens with one attached hydrogen (secondary N) is 1. The van der Waals surface area contributed by atoms with Crippen LogP contribution in [0.2, 0.25) is 0 Å². The topological polar surface area (TPSA) is 77.1 Å². The largest absolute Gasteiger partial charge is 0.317 e. The van der Waals surface area contributed by atoms with Crippen LogP contribution in [0.5, 0.6) is 0 Å². The fraction of sp³-hybridized carbons (Fsp3) is 0.368. The lowest BCUT2D eigenvalue weighted by molar-refractivity contribution is 0.359. The van der Waals surface area contributed by atoms with E-state index >= 15 is 0 Å². The second-order valence-electron chi connectivity index (χ2n) is 7.13. The van der Waals surface area contributed by atoms with Crippen molar-refractivity contribution in [1.82, 2.24) is 29.5 Å². The Balaban J connectivity index is 1.62. The average Bonchev–Trinajstić information content (AvgIpc) is 3.26. The van der Waals surface area contributed by atoms with Gasteiger partial charge in [0.2, 0.25) is 0 Å². The molecule has 0 radical (unpaired) electrons. The second-order valence-corrected chi connectivity index (χ2v) is 8.18. The number of fused-ring (bicyclic) bond motifs is 2. The van der Waals surface area contributed by atoms with Crippen LogP contribution in [0.15, 0.2) is 29.5 Å². The molecule has 0 aromatic carbocycles. The van der Waals surface area contributed by atoms with Gasteiger partial charge in [0.1, 0.15) is 10.4 Å². The summed E-state index contributed by atoms with van der Waals surface area (Å²) in [5.74, 6) is 0. The predicted octanol–water partition coefficient (Wildman–Crippen LogP) is 2.71. The summed E-state index contributed by atoms with van der Waals surface area (Å²) in [7, 11) is 0. The van der Waals surface area contributed by atoms with Crippen LogP contribution in [0.1, 0.15) is 30.1 Å². The molecule has 1 aliphatic heterocycles. The molecule has 5 rings (SSSR count). The van der Waals surface area contributed by atoms with E-state index in [-0.39, 0.29) is 11.6 Å². The van der Waals surface area contributed by atoms with Crippen LogP contribution in [0.3, 0.4) is 0 Å². The minimum absolute atomic E-state index is 0.0550. The van der Waals surface area contributed by atoms with E-state index in [0.717, 1.165) is 58.9 Å². The lowest BCUT2D eigenvalue weighted by Crippen LogP contribution is -2.34. The molecule has 4 aromatic rings. The molecule has 8 heteroatoms. The summed E-state index contributed by atoms with van der Waals surface area (Å²) in [6.07, 6.45) is 5.55. The maximum atomic E-state index is 13.0. The Morgan fingerprint density at radius 2 is 2.04 bits per heavy atom. The lowest BCUT2D eigenvalue weighted by Gasteiger charge is -2.24. The third kappa shape index (κ3) is 2.76. The van der Waals surface area contributed by atoms with Crippen LogP contribution in [0, 0.1) is 13.8 Å². The number of hydrogen-bond donors (Lipinski definition) is 1. The van der Waals surface area contributed by atoms with Crippen molar-refractivity contribution in [1.29, 1.82) is 0 Å². The quantitative estimate of drug-likeness (QED) is 0.579. The summed E-state index contributed by atoms with van der Waals surface area (Å²) in [5.41, 5.74) is 4.50. The highest BCUT2D eigenvalue weighted by atomic mass is 32.1. The zero-order valence-corrected chi connectivity index (χ0v) is 16.1. The lowest BCUT2D eigenvalue weighted by atomic mass is 10.1. The minimum atomic E-state index is 0.0550. The number of aromatic nitrogens is 5. The first kappa shape index (κ1) is 16.6. The number of piperidine rings is 1. The average molecular weight is 380 g/mol. The molecule has 0 aliphatic carbocycles. The number of aryl methyl sites for hydroxylation is 2. The Hall–Kier alpha value is -2.58. The van der Waals surface area contributed by atoms with Crippen molar-refractivity contribution in [2.24, 2.45) is 0 Å². The second kappa shape index (κ2) is 6.24. The summed E-state index contributed by atoms with van der Waals surface area (Å²) in [5, 5.41) is 8.02. The van der Waals surface area contributed by atoms with E-state index in [1.54, 1.807) is 6.33 Å². The Morgan fingerprint density at radius 1 is 1.22 bits per heavy atom. The summed E-state index contributed by atoms with van der Waals surface area (Å²) >= 11 is 1.47. The number of hydrogen-bond acceptors (Lipinski definition) is 6. The molecule has 7 nitrogen and oxygen atoms in total. The van der Waals surface area contributed by atoms with Gasteiger partial charge in [0.25, 0.3) is 5.56 Å². The van der Waals surface area contributed by atoms with Gasteiger partial charge in [0, 0.05) is 6.04 Å². The third-order valence-electron chi connectivity index (χ3n) is 5.15. The summed E-state index contributed by atoms with van der Waals surface area (Å²) < 4.78 is 4.32. The van der Waals surface area contributed by atoms with E-state index in [0.29, 0.717) is 4.70 Å². The first-order chi connectivity index (χ1) is 13.1. The van der Waals surface area contributed by atoms with Crippen molar-refractivity contribution in [3.8, 4) is 10.6 Å². The smallest absolute Gasteiger partial charge is 0.271 e. The number of nitrogens with zero attached hydrogens (tertiary/aromatic N) is 5. The molecule has 0 saturated carbocycles. The molecular weight excluding hydrogens is 360 g/mol. The summed E-state index contributed by atoms with van der Waals surface area (Å²) in [4.78, 5) is 23.0. The molecule has 4 aromatic heterocycles. The van der Waals surface area contributed by atoms with Crippen molar-refractivity contribution in [3.63, 3.8) is 0 Å². The SMILES string of the molecule is Cc1cn2nc(-c3cc4ncn(C5CCNCC5)c(=O)c4s3)cc(C)c2n1. The summed E-state index contributed by atoms with van der Waals surface area (Å²) in [6, 6.07) is 4.22. The van der Waals surface area contributed by atoms with Gasteiger partial charge in [-0.25, -0.2) is 14.5 Å². The van der Waals surface area contributed by atoms with Crippen LogP contribution in [0.4, 0.5) is 0 Å². The van der Waals surface area contributed by atoms with Crippen LogP contribution in [-0.4, -0.2) is 37.2 Å². The molecule has 0 bridgehead atoms. The molecule has 5 heterocycles. The van der Waals surface area contributed by atoms with Gasteiger partial charge in [-0.15, -0.1) is 11.3 Å². The van der Waals surface area contributed by atoms with Gasteiger partial charge < -0.3 is 5.32 Å². The molecule has 1 fully saturated rings. The Morgan fingerprint density at radius 3 is 2.85 bits per heavy atom. The van der Waals surface area contributed by atoms with E-state index in [1.807, 2.05) is 41.3 Å². The zero-order chi connectivity index (χ0) is 18.5. The Labute approximate surface area is 159 Å². The van der Waals surface area contributed by atoms with Gasteiger partial charge in [-0.3, -0.25) is 9.36 Å². The number of rotatable bonds is 2. The fourth-order valence-electron chi connectivity index (χ4n) is 3.76. The van der Waals surface area contributed by atoms with Crippen molar-refractivity contribution in [3.05, 3.63) is 46.3 Å². The normalized spacial score (nSPS) is 15.8. The molecule has 1 saturated heterocycles. The highest BCUT2D eigenvalue weighted by Gasteiger charge is 2.19. The van der Waals surface area contributed by atoms with Crippen molar-refractivity contribution in [2.45, 2.75) is 32.7 Å². The minimum Gasteiger partial charge on any atom is -0.317 e. The predicted molar refractivity (Wildman–Crippen MR) is 106 cm³/mol. The molecular formula is C19H20N6OS. The van der Waals surface area contributed by atoms with E-state index in [4.69, 9.17) is 0 Å². The van der Waals surface area contributed by atoms with Crippen LogP contribution in [0.25, 0.3) is 26.4 Å². The highest BCUT2D eigenvalue weighted by molar-refractivity contribution is 7.22. The Bertz CT molecular complexity index is 1210. The molecule has 27 heavy (non-hydrogen) atoms. The highest BCUT2D eigenvalue weighted by Crippen LogP contribution is 2.31. The van der Waals surface area contributed by atoms with E-state index in [1.165, 1.54) is 11.3 Å². The first-order valence-electron chi connectivity index (χ1n) is 9.15. The van der Waals surface area contributed by atoms with E-state index < -0.39 is 0 Å². The molecule has 0 amide bonds. The monoisotopic (exact) mass is 380 g/mol. The van der Waals surface area contributed by atoms with Crippen molar-refractivity contribution < 1.29 is 0 Å². The molecule has 0 spiro atoms. The maximum Gasteiger partial charge on any atom is 0.271 e. The first-order valence-corrected chi connectivity index (χ1v) is 9.97. The van der Waals surface area contributed by atoms with Crippen molar-refractivity contribution in [2.75, 3.05) is 13.1 Å². The van der Waals surface area contributed by atoms with E-state index in [2.05, 4.69) is 20.4 Å². The summed E-state index contributed by atoms with van der Waals surface area (Å²) in [6.45, 7) is 5.87. The molecule has 1 aliphatic rings. The molecule has 0 atom stereocenters.